The molecule has 156 valence electrons. The van der Waals surface area contributed by atoms with Gasteiger partial charge in [-0.15, -0.1) is 0 Å². The number of fused-ring (bicyclic) bond motifs is 1. The van der Waals surface area contributed by atoms with Crippen molar-refractivity contribution in [2.75, 3.05) is 5.75 Å². The van der Waals surface area contributed by atoms with Crippen molar-refractivity contribution in [1.82, 2.24) is 14.9 Å². The van der Waals surface area contributed by atoms with E-state index in [0.717, 1.165) is 25.7 Å². The normalized spacial score (nSPS) is 16.1. The number of rotatable bonds is 7. The van der Waals surface area contributed by atoms with Crippen LogP contribution >= 0.6 is 11.8 Å². The Labute approximate surface area is 175 Å². The first-order chi connectivity index (χ1) is 13.9. The molecule has 2 aromatic rings. The number of thioether (sulfide) groups is 1. The quantitative estimate of drug-likeness (QED) is 0.551. The van der Waals surface area contributed by atoms with Gasteiger partial charge in [0.25, 0.3) is 5.56 Å². The fourth-order valence-corrected chi connectivity index (χ4v) is 4.85. The van der Waals surface area contributed by atoms with E-state index < -0.39 is 6.04 Å². The highest BCUT2D eigenvalue weighted by molar-refractivity contribution is 7.99. The van der Waals surface area contributed by atoms with Crippen LogP contribution < -0.4 is 10.9 Å². The molecule has 1 heterocycles. The van der Waals surface area contributed by atoms with Crippen LogP contribution in [0, 0.1) is 5.92 Å². The van der Waals surface area contributed by atoms with E-state index in [1.807, 2.05) is 38.1 Å². The Morgan fingerprint density at radius 3 is 2.55 bits per heavy atom. The first kappa shape index (κ1) is 21.6. The zero-order valence-electron chi connectivity index (χ0n) is 17.3. The minimum absolute atomic E-state index is 0.0284. The van der Waals surface area contributed by atoms with Gasteiger partial charge >= 0.3 is 0 Å². The Balaban J connectivity index is 1.86. The summed E-state index contributed by atoms with van der Waals surface area (Å²) >= 11 is 1.27. The summed E-state index contributed by atoms with van der Waals surface area (Å²) in [5.74, 6) is -0.128. The number of carbonyl (C=O) groups is 2. The molecule has 0 radical (unpaired) electrons. The largest absolute Gasteiger partial charge is 0.345 e. The number of nitrogens with zero attached hydrogens (tertiary/aromatic N) is 2. The molecule has 1 aliphatic carbocycles. The van der Waals surface area contributed by atoms with Crippen LogP contribution in [0.3, 0.4) is 0 Å². The zero-order chi connectivity index (χ0) is 21.0. The van der Waals surface area contributed by atoms with Gasteiger partial charge in [0.15, 0.2) is 10.9 Å². The average Bonchev–Trinajstić information content (AvgIpc) is 2.70. The summed E-state index contributed by atoms with van der Waals surface area (Å²) in [5.41, 5.74) is 0.616. The van der Waals surface area contributed by atoms with Crippen LogP contribution in [0.2, 0.25) is 0 Å². The summed E-state index contributed by atoms with van der Waals surface area (Å²) in [6.45, 7) is 5.31. The third-order valence-electron chi connectivity index (χ3n) is 5.47. The lowest BCUT2D eigenvalue weighted by molar-refractivity contribution is -0.126. The number of nitrogens with one attached hydrogen (secondary N) is 1. The van der Waals surface area contributed by atoms with Crippen LogP contribution in [-0.2, 0) is 9.59 Å². The fourth-order valence-electron chi connectivity index (χ4n) is 3.97. The van der Waals surface area contributed by atoms with Gasteiger partial charge in [-0.25, -0.2) is 4.98 Å². The van der Waals surface area contributed by atoms with Gasteiger partial charge in [-0.2, -0.15) is 0 Å². The standard InChI is InChI=1S/C22H29N3O3S/c1-14(2)20(15(3)26)24-19(27)13-29-22-23-18-12-8-7-11-17(18)21(28)25(22)16-9-5-4-6-10-16/h7-8,11-12,14,16,20H,4-6,9-10,13H2,1-3H3,(H,24,27). The van der Waals surface area contributed by atoms with E-state index in [4.69, 9.17) is 4.98 Å². The molecule has 1 atom stereocenters. The molecule has 0 aliphatic heterocycles. The predicted octanol–water partition coefficient (Wildman–Crippen LogP) is 3.72. The summed E-state index contributed by atoms with van der Waals surface area (Å²) in [7, 11) is 0. The highest BCUT2D eigenvalue weighted by atomic mass is 32.2. The average molecular weight is 416 g/mol. The summed E-state index contributed by atoms with van der Waals surface area (Å²) in [4.78, 5) is 42.2. The van der Waals surface area contributed by atoms with E-state index in [0.29, 0.717) is 16.1 Å². The molecule has 3 rings (SSSR count). The van der Waals surface area contributed by atoms with Gasteiger partial charge in [0, 0.05) is 6.04 Å². The lowest BCUT2D eigenvalue weighted by atomic mass is 9.95. The third-order valence-corrected chi connectivity index (χ3v) is 6.42. The van der Waals surface area contributed by atoms with Crippen molar-refractivity contribution in [3.63, 3.8) is 0 Å². The molecule has 6 nitrogen and oxygen atoms in total. The number of carbonyl (C=O) groups excluding carboxylic acids is 2. The lowest BCUT2D eigenvalue weighted by Gasteiger charge is -2.26. The van der Waals surface area contributed by atoms with Crippen molar-refractivity contribution < 1.29 is 9.59 Å². The van der Waals surface area contributed by atoms with Crippen LogP contribution in [0.1, 0.15) is 58.9 Å². The number of hydrogen-bond donors (Lipinski definition) is 1. The molecule has 1 N–H and O–H groups in total. The highest BCUT2D eigenvalue weighted by Crippen LogP contribution is 2.31. The maximum atomic E-state index is 13.2. The van der Waals surface area contributed by atoms with Gasteiger partial charge in [-0.3, -0.25) is 19.0 Å². The Morgan fingerprint density at radius 1 is 1.21 bits per heavy atom. The molecule has 0 saturated heterocycles. The summed E-state index contributed by atoms with van der Waals surface area (Å²) in [5, 5.41) is 4.01. The van der Waals surface area contributed by atoms with E-state index in [9.17, 15) is 14.4 Å². The first-order valence-corrected chi connectivity index (χ1v) is 11.3. The number of ketones is 1. The van der Waals surface area contributed by atoms with Crippen LogP contribution in [0.5, 0.6) is 0 Å². The maximum absolute atomic E-state index is 13.2. The molecule has 0 bridgehead atoms. The SMILES string of the molecule is CC(=O)C(NC(=O)CSc1nc2ccccc2c(=O)n1C1CCCCC1)C(C)C. The van der Waals surface area contributed by atoms with E-state index >= 15 is 0 Å². The van der Waals surface area contributed by atoms with Crippen molar-refractivity contribution in [2.24, 2.45) is 5.92 Å². The smallest absolute Gasteiger partial charge is 0.262 e. The minimum atomic E-state index is -0.492. The second kappa shape index (κ2) is 9.57. The van der Waals surface area contributed by atoms with Crippen molar-refractivity contribution in [3.8, 4) is 0 Å². The molecule has 1 unspecified atom stereocenters. The minimum Gasteiger partial charge on any atom is -0.345 e. The fraction of sp³-hybridized carbons (Fsp3) is 0.545. The van der Waals surface area contributed by atoms with Crippen molar-refractivity contribution in [3.05, 3.63) is 34.6 Å². The van der Waals surface area contributed by atoms with Gasteiger partial charge in [0.05, 0.1) is 22.7 Å². The van der Waals surface area contributed by atoms with E-state index in [1.165, 1.54) is 25.1 Å². The maximum Gasteiger partial charge on any atom is 0.262 e. The summed E-state index contributed by atoms with van der Waals surface area (Å²) in [6.07, 6.45) is 5.31. The molecule has 7 heteroatoms. The van der Waals surface area contributed by atoms with Crippen molar-refractivity contribution in [1.29, 1.82) is 0 Å². The Hall–Kier alpha value is -2.15. The topological polar surface area (TPSA) is 81.1 Å². The van der Waals surface area contributed by atoms with Crippen LogP contribution in [0.15, 0.2) is 34.2 Å². The second-order valence-electron chi connectivity index (χ2n) is 8.07. The zero-order valence-corrected chi connectivity index (χ0v) is 18.1. The van der Waals surface area contributed by atoms with E-state index in [-0.39, 0.29) is 35.0 Å². The van der Waals surface area contributed by atoms with E-state index in [1.54, 1.807) is 4.57 Å². The Morgan fingerprint density at radius 2 is 1.90 bits per heavy atom. The van der Waals surface area contributed by atoms with Gasteiger partial charge in [-0.05, 0) is 37.8 Å². The number of aromatic nitrogens is 2. The molecule has 1 fully saturated rings. The third kappa shape index (κ3) is 5.07. The molecular weight excluding hydrogens is 386 g/mol. The highest BCUT2D eigenvalue weighted by Gasteiger charge is 2.24. The van der Waals surface area contributed by atoms with Crippen LogP contribution in [-0.4, -0.2) is 33.0 Å². The van der Waals surface area contributed by atoms with Crippen molar-refractivity contribution >= 4 is 34.4 Å². The van der Waals surface area contributed by atoms with Crippen LogP contribution in [0.4, 0.5) is 0 Å². The van der Waals surface area contributed by atoms with Gasteiger partial charge in [0.2, 0.25) is 5.91 Å². The summed E-state index contributed by atoms with van der Waals surface area (Å²) < 4.78 is 1.80. The van der Waals surface area contributed by atoms with Crippen LogP contribution in [0.25, 0.3) is 10.9 Å². The van der Waals surface area contributed by atoms with Gasteiger partial charge < -0.3 is 5.32 Å². The first-order valence-electron chi connectivity index (χ1n) is 10.3. The Bertz CT molecular complexity index is 948. The molecule has 1 aliphatic rings. The number of amides is 1. The Kier molecular flexibility index (Phi) is 7.11. The lowest BCUT2D eigenvalue weighted by Crippen LogP contribution is -2.44. The number of para-hydroxylation sites is 1. The van der Waals surface area contributed by atoms with E-state index in [2.05, 4.69) is 5.32 Å². The van der Waals surface area contributed by atoms with Crippen molar-refractivity contribution in [2.45, 2.75) is 70.1 Å². The number of hydrogen-bond acceptors (Lipinski definition) is 5. The molecule has 1 saturated carbocycles. The molecule has 1 aromatic heterocycles. The molecule has 0 spiro atoms. The second-order valence-corrected chi connectivity index (χ2v) is 9.01. The predicted molar refractivity (Wildman–Crippen MR) is 116 cm³/mol. The number of benzene rings is 1. The molecule has 29 heavy (non-hydrogen) atoms. The summed E-state index contributed by atoms with van der Waals surface area (Å²) in [6, 6.07) is 6.99. The number of Topliss-reactive ketones (excluding diaryl/α,β-unsaturated/α-hetero) is 1. The monoisotopic (exact) mass is 415 g/mol. The van der Waals surface area contributed by atoms with Gasteiger partial charge in [-0.1, -0.05) is 57.0 Å². The van der Waals surface area contributed by atoms with Gasteiger partial charge in [0.1, 0.15) is 0 Å². The molecule has 1 amide bonds. The molecule has 1 aromatic carbocycles. The molecular formula is C22H29N3O3S.